The number of hydrogen-bond donors (Lipinski definition) is 2. The van der Waals surface area contributed by atoms with Gasteiger partial charge < -0.3 is 34.5 Å². The van der Waals surface area contributed by atoms with E-state index in [2.05, 4.69) is 13.5 Å². The van der Waals surface area contributed by atoms with Crippen LogP contribution in [0.15, 0.2) is 77.9 Å². The van der Waals surface area contributed by atoms with Gasteiger partial charge in [0, 0.05) is 18.3 Å². The molecule has 5 aliphatic rings. The van der Waals surface area contributed by atoms with E-state index in [1.807, 2.05) is 49.4 Å². The van der Waals surface area contributed by atoms with Gasteiger partial charge in [-0.25, -0.2) is 4.39 Å². The van der Waals surface area contributed by atoms with Crippen LogP contribution in [0.25, 0.3) is 0 Å². The highest BCUT2D eigenvalue weighted by atomic mass is 19.1. The first-order valence-electron chi connectivity index (χ1n) is 16.0. The molecule has 2 saturated heterocycles. The molecule has 9 nitrogen and oxygen atoms in total. The zero-order valence-corrected chi connectivity index (χ0v) is 27.0. The summed E-state index contributed by atoms with van der Waals surface area (Å²) >= 11 is 0. The fourth-order valence-electron chi connectivity index (χ4n) is 8.80. The number of methoxy groups -OCH3 is 1. The van der Waals surface area contributed by atoms with Crippen LogP contribution in [-0.4, -0.2) is 59.5 Å². The number of ether oxygens (including phenoxy) is 5. The van der Waals surface area contributed by atoms with Gasteiger partial charge in [-0.05, 0) is 66.2 Å². The van der Waals surface area contributed by atoms with Gasteiger partial charge in [-0.1, -0.05) is 56.0 Å². The maximum Gasteiger partial charge on any atom is 0.310 e. The Morgan fingerprint density at radius 2 is 1.91 bits per heavy atom. The summed E-state index contributed by atoms with van der Waals surface area (Å²) in [5.41, 5.74) is 4.83. The van der Waals surface area contributed by atoms with Crippen LogP contribution >= 0.6 is 0 Å². The van der Waals surface area contributed by atoms with Gasteiger partial charge in [-0.2, -0.15) is 0 Å². The molecule has 1 saturated carbocycles. The Hall–Kier alpha value is -3.83. The number of Topliss-reactive ketones (excluding diaryl/α,β-unsaturated/α-hetero) is 1. The molecule has 10 heteroatoms. The summed E-state index contributed by atoms with van der Waals surface area (Å²) in [5, 5.41) is 12.4. The highest BCUT2D eigenvalue weighted by Crippen LogP contribution is 2.68. The molecule has 7 rings (SSSR count). The van der Waals surface area contributed by atoms with E-state index < -0.39 is 52.5 Å². The van der Waals surface area contributed by atoms with Crippen molar-refractivity contribution in [2.45, 2.75) is 75.3 Å². The fourth-order valence-corrected chi connectivity index (χ4v) is 8.80. The molecule has 0 aromatic heterocycles. The third kappa shape index (κ3) is 4.63. The normalized spacial score (nSPS) is 36.6. The number of rotatable bonds is 8. The third-order valence-electron chi connectivity index (χ3n) is 10.9. The van der Waals surface area contributed by atoms with Crippen molar-refractivity contribution in [1.29, 1.82) is 0 Å². The molecule has 2 aromatic carbocycles. The predicted octanol–water partition coefficient (Wildman–Crippen LogP) is 4.76. The number of carbonyl (C=O) groups is 2. The quantitative estimate of drug-likeness (QED) is 0.237. The van der Waals surface area contributed by atoms with Crippen LogP contribution in [0.5, 0.6) is 5.75 Å². The maximum atomic E-state index is 14.3. The van der Waals surface area contributed by atoms with E-state index in [4.69, 9.17) is 29.4 Å². The summed E-state index contributed by atoms with van der Waals surface area (Å²) in [7, 11) is 1.36. The molecule has 3 aliphatic carbocycles. The highest BCUT2D eigenvalue weighted by molar-refractivity contribution is 6.04. The van der Waals surface area contributed by atoms with Gasteiger partial charge in [0.15, 0.2) is 5.78 Å². The number of anilines is 1. The molecule has 8 atom stereocenters. The van der Waals surface area contributed by atoms with Crippen molar-refractivity contribution < 1.29 is 42.8 Å². The Balaban J connectivity index is 1.26. The number of aliphatic hydroxyl groups is 1. The molecule has 0 radical (unpaired) electrons. The molecule has 3 fully saturated rings. The molecule has 3 bridgehead atoms. The average Bonchev–Trinajstić information content (AvgIpc) is 3.33. The van der Waals surface area contributed by atoms with E-state index in [-0.39, 0.29) is 42.6 Å². The summed E-state index contributed by atoms with van der Waals surface area (Å²) in [6.07, 6.45) is 3.77. The number of fused-ring (bicyclic) bond motifs is 2. The van der Waals surface area contributed by atoms with Crippen LogP contribution in [0.4, 0.5) is 10.1 Å². The number of ketones is 1. The number of halogens is 1. The molecule has 47 heavy (non-hydrogen) atoms. The van der Waals surface area contributed by atoms with E-state index >= 15 is 0 Å². The Morgan fingerprint density at radius 3 is 2.62 bits per heavy atom. The lowest BCUT2D eigenvalue weighted by Gasteiger charge is -2.59. The van der Waals surface area contributed by atoms with Gasteiger partial charge >= 0.3 is 5.97 Å². The summed E-state index contributed by atoms with van der Waals surface area (Å²) in [4.78, 5) is 26.8. The van der Waals surface area contributed by atoms with Crippen LogP contribution in [0, 0.1) is 23.6 Å². The molecule has 2 heterocycles. The van der Waals surface area contributed by atoms with Crippen molar-refractivity contribution in [3.63, 3.8) is 0 Å². The third-order valence-corrected chi connectivity index (χ3v) is 10.9. The smallest absolute Gasteiger partial charge is 0.310 e. The van der Waals surface area contributed by atoms with E-state index in [9.17, 15) is 19.1 Å². The average molecular weight is 646 g/mol. The summed E-state index contributed by atoms with van der Waals surface area (Å²) in [5.74, 6) is -4.45. The molecule has 0 spiro atoms. The number of esters is 1. The monoisotopic (exact) mass is 645 g/mol. The molecular weight excluding hydrogens is 605 g/mol. The van der Waals surface area contributed by atoms with Gasteiger partial charge in [0.25, 0.3) is 5.97 Å². The standard InChI is InChI=1S/C37H40FNO8/c1-20(2)35-16-22(4)37-26(33(35)45-36(46-35,47-37)18-23-9-7-6-8-10-23)12-25(17-34(42)29(37)11-21(3)32(34)41)19-44-30(40)15-24-13-27(38)31(39)28(14-24)43-5/h6-14,22,26,29,33,42H,1,15-19,39H2,2-5H3/t22-,26+,29-,33?,34-,35+,36?,37?/m1/s1. The van der Waals surface area contributed by atoms with E-state index in [1.54, 1.807) is 6.92 Å². The lowest BCUT2D eigenvalue weighted by atomic mass is 9.55. The number of nitrogens with two attached hydrogens (primary N) is 1. The number of nitrogen functional groups attached to an aromatic ring is 1. The lowest BCUT2D eigenvalue weighted by molar-refractivity contribution is -0.421. The predicted molar refractivity (Wildman–Crippen MR) is 169 cm³/mol. The Bertz CT molecular complexity index is 1740. The molecule has 2 aromatic rings. The van der Waals surface area contributed by atoms with Crippen LogP contribution in [0.1, 0.15) is 44.7 Å². The molecule has 3 N–H and O–H groups in total. The van der Waals surface area contributed by atoms with Crippen molar-refractivity contribution in [1.82, 2.24) is 0 Å². The Morgan fingerprint density at radius 1 is 1.17 bits per heavy atom. The molecule has 248 valence electrons. The van der Waals surface area contributed by atoms with Gasteiger partial charge in [0.1, 0.15) is 41.2 Å². The van der Waals surface area contributed by atoms with Gasteiger partial charge in [0.05, 0.1) is 25.6 Å². The number of benzene rings is 2. The minimum absolute atomic E-state index is 0.0599. The van der Waals surface area contributed by atoms with Crippen LogP contribution in [0.3, 0.4) is 0 Å². The second kappa shape index (κ2) is 10.8. The Labute approximate surface area is 273 Å². The van der Waals surface area contributed by atoms with Crippen molar-refractivity contribution >= 4 is 17.4 Å². The van der Waals surface area contributed by atoms with E-state index in [0.717, 1.165) is 11.1 Å². The van der Waals surface area contributed by atoms with E-state index in [0.29, 0.717) is 29.6 Å². The molecular formula is C37H40FNO8. The second-order valence-electron chi connectivity index (χ2n) is 13.9. The number of carbonyl (C=O) groups excluding carboxylic acids is 2. The summed E-state index contributed by atoms with van der Waals surface area (Å²) < 4.78 is 46.0. The van der Waals surface area contributed by atoms with Crippen molar-refractivity contribution in [2.75, 3.05) is 19.5 Å². The van der Waals surface area contributed by atoms with Gasteiger partial charge in [-0.15, -0.1) is 0 Å². The van der Waals surface area contributed by atoms with Crippen LogP contribution < -0.4 is 10.5 Å². The van der Waals surface area contributed by atoms with Crippen molar-refractivity contribution in [2.24, 2.45) is 17.8 Å². The lowest BCUT2D eigenvalue weighted by Crippen LogP contribution is -2.70. The van der Waals surface area contributed by atoms with Crippen LogP contribution in [0.2, 0.25) is 0 Å². The molecule has 2 aliphatic heterocycles. The van der Waals surface area contributed by atoms with Crippen LogP contribution in [-0.2, 0) is 41.4 Å². The maximum absolute atomic E-state index is 14.3. The topological polar surface area (TPSA) is 127 Å². The summed E-state index contributed by atoms with van der Waals surface area (Å²) in [6.45, 7) is 9.84. The minimum Gasteiger partial charge on any atom is -0.494 e. The number of hydrogen-bond acceptors (Lipinski definition) is 9. The van der Waals surface area contributed by atoms with Gasteiger partial charge in [0.2, 0.25) is 0 Å². The van der Waals surface area contributed by atoms with E-state index in [1.165, 1.54) is 19.2 Å². The van der Waals surface area contributed by atoms with Crippen molar-refractivity contribution in [3.8, 4) is 5.75 Å². The fraction of sp³-hybridized carbons (Fsp3) is 0.459. The first-order valence-corrected chi connectivity index (χ1v) is 16.0. The molecule has 3 unspecified atom stereocenters. The largest absolute Gasteiger partial charge is 0.494 e. The minimum atomic E-state index is -1.84. The first-order chi connectivity index (χ1) is 22.3. The SMILES string of the molecule is C=C(C)[C@@]12C[C@@H](C)C34OC(Cc5ccccc5)(OC1[C@@H]3C=C(COC(=O)Cc1cc(F)c(N)c(OC)c1)C[C@]1(O)C(=O)C(C)=C[C@@H]41)O2. The zero-order chi connectivity index (χ0) is 33.5. The summed E-state index contributed by atoms with van der Waals surface area (Å²) in [6, 6.07) is 12.4. The van der Waals surface area contributed by atoms with Crippen molar-refractivity contribution in [3.05, 3.63) is 94.9 Å². The first kappa shape index (κ1) is 31.8. The zero-order valence-electron chi connectivity index (χ0n) is 27.0. The highest BCUT2D eigenvalue weighted by Gasteiger charge is 2.79. The second-order valence-corrected chi connectivity index (χ2v) is 13.9. The van der Waals surface area contributed by atoms with Gasteiger partial charge in [-0.3, -0.25) is 9.59 Å². The Kier molecular flexibility index (Phi) is 7.33. The molecule has 0 amide bonds.